The fourth-order valence-electron chi connectivity index (χ4n) is 0.937. The molecule has 0 fully saturated rings. The first-order valence-corrected chi connectivity index (χ1v) is 4.77. The monoisotopic (exact) mass is 191 g/mol. The zero-order chi connectivity index (χ0) is 10.6. The van der Waals surface area contributed by atoms with Gasteiger partial charge in [-0.05, 0) is 33.3 Å². The molecule has 76 valence electrons. The predicted molar refractivity (Wildman–Crippen MR) is 59.5 cm³/mol. The van der Waals surface area contributed by atoms with Crippen molar-refractivity contribution < 1.29 is 4.84 Å². The maximum atomic E-state index is 5.33. The summed E-state index contributed by atoms with van der Waals surface area (Å²) in [7, 11) is 0. The first kappa shape index (κ1) is 10.8. The largest absolute Gasteiger partial charge is 0.390 e. The molecule has 0 aromatic heterocycles. The standard InChI is InChI=1S/C12H17NO/c1-10(13-14-12(2,3)4)11-8-6-5-7-9-11/h5-9H,1-4H3. The van der Waals surface area contributed by atoms with E-state index in [1.165, 1.54) is 0 Å². The van der Waals surface area contributed by atoms with Crippen molar-refractivity contribution in [3.8, 4) is 0 Å². The van der Waals surface area contributed by atoms with E-state index in [0.29, 0.717) is 0 Å². The lowest BCUT2D eigenvalue weighted by Gasteiger charge is -2.16. The molecule has 1 aromatic rings. The highest BCUT2D eigenvalue weighted by Crippen LogP contribution is 2.09. The van der Waals surface area contributed by atoms with Gasteiger partial charge in [0, 0.05) is 0 Å². The molecule has 0 N–H and O–H groups in total. The van der Waals surface area contributed by atoms with Crippen molar-refractivity contribution >= 4 is 5.71 Å². The third-order valence-electron chi connectivity index (χ3n) is 1.65. The third-order valence-corrected chi connectivity index (χ3v) is 1.65. The molecule has 0 heterocycles. The lowest BCUT2D eigenvalue weighted by molar-refractivity contribution is 0.000956. The van der Waals surface area contributed by atoms with Gasteiger partial charge in [0.15, 0.2) is 0 Å². The first-order valence-electron chi connectivity index (χ1n) is 4.77. The van der Waals surface area contributed by atoms with E-state index in [4.69, 9.17) is 4.84 Å². The van der Waals surface area contributed by atoms with E-state index < -0.39 is 0 Å². The van der Waals surface area contributed by atoms with Gasteiger partial charge >= 0.3 is 0 Å². The van der Waals surface area contributed by atoms with Crippen LogP contribution in [0.25, 0.3) is 0 Å². The highest BCUT2D eigenvalue weighted by Gasteiger charge is 2.10. The van der Waals surface area contributed by atoms with Crippen LogP contribution in [-0.4, -0.2) is 11.3 Å². The number of hydrogen-bond donors (Lipinski definition) is 0. The molecule has 0 amide bonds. The summed E-state index contributed by atoms with van der Waals surface area (Å²) >= 11 is 0. The smallest absolute Gasteiger partial charge is 0.129 e. The topological polar surface area (TPSA) is 21.6 Å². The molecule has 2 heteroatoms. The van der Waals surface area contributed by atoms with E-state index in [9.17, 15) is 0 Å². The van der Waals surface area contributed by atoms with Gasteiger partial charge in [-0.1, -0.05) is 35.5 Å². The summed E-state index contributed by atoms with van der Waals surface area (Å²) in [5.41, 5.74) is 1.77. The van der Waals surface area contributed by atoms with Gasteiger partial charge in [-0.2, -0.15) is 0 Å². The summed E-state index contributed by atoms with van der Waals surface area (Å²) in [5.74, 6) is 0. The van der Waals surface area contributed by atoms with Gasteiger partial charge in [0.2, 0.25) is 0 Å². The molecule has 0 spiro atoms. The molecule has 0 aliphatic carbocycles. The lowest BCUT2D eigenvalue weighted by atomic mass is 10.1. The fraction of sp³-hybridized carbons (Fsp3) is 0.417. The van der Waals surface area contributed by atoms with Gasteiger partial charge in [0.25, 0.3) is 0 Å². The molecule has 2 nitrogen and oxygen atoms in total. The zero-order valence-corrected chi connectivity index (χ0v) is 9.24. The Morgan fingerprint density at radius 1 is 1.14 bits per heavy atom. The van der Waals surface area contributed by atoms with E-state index in [0.717, 1.165) is 11.3 Å². The van der Waals surface area contributed by atoms with E-state index in [-0.39, 0.29) is 5.60 Å². The van der Waals surface area contributed by atoms with E-state index in [1.807, 2.05) is 58.0 Å². The maximum absolute atomic E-state index is 5.33. The molecule has 1 aromatic carbocycles. The van der Waals surface area contributed by atoms with Crippen LogP contribution in [0.5, 0.6) is 0 Å². The van der Waals surface area contributed by atoms with Gasteiger partial charge in [-0.3, -0.25) is 0 Å². The predicted octanol–water partition coefficient (Wildman–Crippen LogP) is 3.23. The quantitative estimate of drug-likeness (QED) is 0.519. The van der Waals surface area contributed by atoms with Crippen molar-refractivity contribution in [2.45, 2.75) is 33.3 Å². The highest BCUT2D eigenvalue weighted by atomic mass is 16.6. The first-order chi connectivity index (χ1) is 6.49. The molecule has 1 rings (SSSR count). The summed E-state index contributed by atoms with van der Waals surface area (Å²) in [4.78, 5) is 5.33. The summed E-state index contributed by atoms with van der Waals surface area (Å²) < 4.78 is 0. The van der Waals surface area contributed by atoms with Crippen molar-refractivity contribution in [3.05, 3.63) is 35.9 Å². The average Bonchev–Trinajstić information content (AvgIpc) is 2.14. The molecule has 0 aliphatic heterocycles. The summed E-state index contributed by atoms with van der Waals surface area (Å²) in [6, 6.07) is 10.0. The number of nitrogens with zero attached hydrogens (tertiary/aromatic N) is 1. The molecule has 0 atom stereocenters. The van der Waals surface area contributed by atoms with Crippen molar-refractivity contribution in [1.29, 1.82) is 0 Å². The molecule has 0 aliphatic rings. The van der Waals surface area contributed by atoms with Crippen LogP contribution in [0.4, 0.5) is 0 Å². The molecular formula is C12H17NO. The van der Waals surface area contributed by atoms with Crippen molar-refractivity contribution in [2.24, 2.45) is 5.16 Å². The second-order valence-corrected chi connectivity index (χ2v) is 4.25. The maximum Gasteiger partial charge on any atom is 0.129 e. The Morgan fingerprint density at radius 2 is 1.71 bits per heavy atom. The number of oxime groups is 1. The van der Waals surface area contributed by atoms with E-state index >= 15 is 0 Å². The van der Waals surface area contributed by atoms with Crippen LogP contribution in [0.3, 0.4) is 0 Å². The van der Waals surface area contributed by atoms with Crippen LogP contribution >= 0.6 is 0 Å². The Hall–Kier alpha value is -1.31. The van der Waals surface area contributed by atoms with E-state index in [1.54, 1.807) is 0 Å². The van der Waals surface area contributed by atoms with Crippen LogP contribution < -0.4 is 0 Å². The van der Waals surface area contributed by atoms with Gasteiger partial charge < -0.3 is 4.84 Å². The average molecular weight is 191 g/mol. The Morgan fingerprint density at radius 3 is 2.21 bits per heavy atom. The molecule has 0 unspecified atom stereocenters. The van der Waals surface area contributed by atoms with Crippen LogP contribution in [0.2, 0.25) is 0 Å². The second kappa shape index (κ2) is 4.27. The summed E-state index contributed by atoms with van der Waals surface area (Å²) in [5, 5.41) is 4.08. The number of benzene rings is 1. The Bertz CT molecular complexity index is 309. The van der Waals surface area contributed by atoms with Gasteiger partial charge in [0.1, 0.15) is 5.60 Å². The molecular weight excluding hydrogens is 174 g/mol. The highest BCUT2D eigenvalue weighted by molar-refractivity contribution is 5.98. The van der Waals surface area contributed by atoms with Gasteiger partial charge in [-0.15, -0.1) is 0 Å². The minimum atomic E-state index is -0.226. The SMILES string of the molecule is CC(=NOC(C)(C)C)c1ccccc1. The molecule has 0 saturated heterocycles. The summed E-state index contributed by atoms with van der Waals surface area (Å²) in [6.07, 6.45) is 0. The normalized spacial score (nSPS) is 12.7. The minimum Gasteiger partial charge on any atom is -0.390 e. The fourth-order valence-corrected chi connectivity index (χ4v) is 0.937. The van der Waals surface area contributed by atoms with E-state index in [2.05, 4.69) is 5.16 Å². The second-order valence-electron chi connectivity index (χ2n) is 4.25. The Labute approximate surface area is 85.6 Å². The van der Waals surface area contributed by atoms with Crippen LogP contribution in [0.1, 0.15) is 33.3 Å². The van der Waals surface area contributed by atoms with Gasteiger partial charge in [0.05, 0.1) is 5.71 Å². The summed E-state index contributed by atoms with van der Waals surface area (Å²) in [6.45, 7) is 7.89. The van der Waals surface area contributed by atoms with Crippen molar-refractivity contribution in [3.63, 3.8) is 0 Å². The molecule has 14 heavy (non-hydrogen) atoms. The Kier molecular flexibility index (Phi) is 3.28. The molecule has 0 saturated carbocycles. The molecule has 0 bridgehead atoms. The van der Waals surface area contributed by atoms with Crippen molar-refractivity contribution in [1.82, 2.24) is 0 Å². The third kappa shape index (κ3) is 3.60. The minimum absolute atomic E-state index is 0.226. The van der Waals surface area contributed by atoms with Crippen molar-refractivity contribution in [2.75, 3.05) is 0 Å². The van der Waals surface area contributed by atoms with Gasteiger partial charge in [-0.25, -0.2) is 0 Å². The van der Waals surface area contributed by atoms with Crippen LogP contribution in [-0.2, 0) is 4.84 Å². The van der Waals surface area contributed by atoms with Crippen LogP contribution in [0.15, 0.2) is 35.5 Å². The lowest BCUT2D eigenvalue weighted by Crippen LogP contribution is -2.16. The molecule has 0 radical (unpaired) electrons. The number of rotatable bonds is 2. The Balaban J connectivity index is 2.71. The van der Waals surface area contributed by atoms with Crippen LogP contribution in [0, 0.1) is 0 Å². The zero-order valence-electron chi connectivity index (χ0n) is 9.24. The number of hydrogen-bond acceptors (Lipinski definition) is 2.